The van der Waals surface area contributed by atoms with E-state index in [1.165, 1.54) is 0 Å². The second-order valence-electron chi connectivity index (χ2n) is 9.09. The number of fused-ring (bicyclic) bond motifs is 1. The van der Waals surface area contributed by atoms with Crippen molar-refractivity contribution in [1.82, 2.24) is 9.80 Å². The standard InChI is InChI=1S/C26H32N2O5/c1-30-21-8-6-20(7-9-21)23-18-32-26(29)28(23)15-12-19-10-13-27(14-11-19)16-22-17-31-24-4-2-3-5-25(24)33-22/h2-9,19,22-23H,10-18H2,1H3/t22-,23?/m0/s1. The zero-order chi connectivity index (χ0) is 22.6. The summed E-state index contributed by atoms with van der Waals surface area (Å²) in [4.78, 5) is 16.7. The number of nitrogens with zero attached hydrogens (tertiary/aromatic N) is 2. The van der Waals surface area contributed by atoms with Gasteiger partial charge in [0.2, 0.25) is 0 Å². The Hall–Kier alpha value is -2.93. The van der Waals surface area contributed by atoms with E-state index in [1.54, 1.807) is 7.11 Å². The Labute approximate surface area is 195 Å². The molecule has 0 N–H and O–H groups in total. The number of carbonyl (C=O) groups excluding carboxylic acids is 1. The minimum Gasteiger partial charge on any atom is -0.497 e. The molecule has 2 saturated heterocycles. The highest BCUT2D eigenvalue weighted by Gasteiger charge is 2.34. The lowest BCUT2D eigenvalue weighted by Gasteiger charge is -2.36. The topological polar surface area (TPSA) is 60.5 Å². The summed E-state index contributed by atoms with van der Waals surface area (Å²) in [6, 6.07) is 15.8. The zero-order valence-corrected chi connectivity index (χ0v) is 19.2. The van der Waals surface area contributed by atoms with Crippen molar-refractivity contribution in [2.45, 2.75) is 31.4 Å². The second kappa shape index (κ2) is 9.91. The number of para-hydroxylation sites is 2. The van der Waals surface area contributed by atoms with Crippen LogP contribution in [0.25, 0.3) is 0 Å². The molecule has 0 spiro atoms. The van der Waals surface area contributed by atoms with Crippen molar-refractivity contribution in [2.24, 2.45) is 5.92 Å². The molecular weight excluding hydrogens is 420 g/mol. The molecule has 2 fully saturated rings. The number of cyclic esters (lactones) is 1. The van der Waals surface area contributed by atoms with E-state index in [2.05, 4.69) is 4.90 Å². The molecule has 0 aliphatic carbocycles. The van der Waals surface area contributed by atoms with Crippen molar-refractivity contribution >= 4 is 6.09 Å². The lowest BCUT2D eigenvalue weighted by atomic mass is 9.93. The fourth-order valence-corrected chi connectivity index (χ4v) is 5.02. The number of hydrogen-bond acceptors (Lipinski definition) is 6. The molecule has 0 aromatic heterocycles. The summed E-state index contributed by atoms with van der Waals surface area (Å²) in [5.74, 6) is 3.11. The minimum atomic E-state index is -0.206. The molecule has 7 heteroatoms. The Morgan fingerprint density at radius 2 is 1.73 bits per heavy atom. The Kier molecular flexibility index (Phi) is 6.58. The Bertz CT molecular complexity index is 942. The molecule has 1 unspecified atom stereocenters. The van der Waals surface area contributed by atoms with Gasteiger partial charge in [0.1, 0.15) is 25.1 Å². The van der Waals surface area contributed by atoms with Crippen molar-refractivity contribution in [1.29, 1.82) is 0 Å². The van der Waals surface area contributed by atoms with Crippen LogP contribution in [0.2, 0.25) is 0 Å². The van der Waals surface area contributed by atoms with Crippen LogP contribution in [-0.2, 0) is 4.74 Å². The van der Waals surface area contributed by atoms with Gasteiger partial charge in [0, 0.05) is 13.1 Å². The maximum Gasteiger partial charge on any atom is 0.410 e. The van der Waals surface area contributed by atoms with Crippen LogP contribution in [0.15, 0.2) is 48.5 Å². The third-order valence-corrected chi connectivity index (χ3v) is 6.99. The fourth-order valence-electron chi connectivity index (χ4n) is 5.02. The van der Waals surface area contributed by atoms with Gasteiger partial charge in [0.15, 0.2) is 11.5 Å². The molecule has 2 atom stereocenters. The molecule has 3 aliphatic rings. The monoisotopic (exact) mass is 452 g/mol. The number of piperidine rings is 1. The Morgan fingerprint density at radius 3 is 2.48 bits per heavy atom. The Balaban J connectivity index is 1.08. The highest BCUT2D eigenvalue weighted by molar-refractivity contribution is 5.70. The zero-order valence-electron chi connectivity index (χ0n) is 19.2. The molecule has 176 valence electrons. The third kappa shape index (κ3) is 5.03. The van der Waals surface area contributed by atoms with E-state index < -0.39 is 0 Å². The number of amides is 1. The number of likely N-dealkylation sites (tertiary alicyclic amines) is 1. The summed E-state index contributed by atoms with van der Waals surface area (Å²) >= 11 is 0. The van der Waals surface area contributed by atoms with Crippen molar-refractivity contribution < 1.29 is 23.7 Å². The van der Waals surface area contributed by atoms with E-state index in [0.29, 0.717) is 19.1 Å². The number of benzene rings is 2. The summed E-state index contributed by atoms with van der Waals surface area (Å²) in [6.07, 6.45) is 3.15. The molecule has 7 nitrogen and oxygen atoms in total. The molecule has 1 amide bonds. The number of ether oxygens (including phenoxy) is 4. The van der Waals surface area contributed by atoms with Crippen LogP contribution in [-0.4, -0.2) is 68.5 Å². The van der Waals surface area contributed by atoms with Gasteiger partial charge in [-0.3, -0.25) is 9.80 Å². The highest BCUT2D eigenvalue weighted by atomic mass is 16.6. The number of carbonyl (C=O) groups is 1. The van der Waals surface area contributed by atoms with Crippen molar-refractivity contribution in [2.75, 3.05) is 46.5 Å². The normalized spacial score (nSPS) is 23.4. The van der Waals surface area contributed by atoms with Gasteiger partial charge in [0.25, 0.3) is 0 Å². The van der Waals surface area contributed by atoms with Crippen LogP contribution < -0.4 is 14.2 Å². The summed E-state index contributed by atoms with van der Waals surface area (Å²) in [7, 11) is 1.66. The summed E-state index contributed by atoms with van der Waals surface area (Å²) < 4.78 is 22.6. The van der Waals surface area contributed by atoms with Crippen LogP contribution in [0.1, 0.15) is 30.9 Å². The lowest BCUT2D eigenvalue weighted by Crippen LogP contribution is -2.44. The summed E-state index contributed by atoms with van der Waals surface area (Å²) in [6.45, 7) is 4.74. The van der Waals surface area contributed by atoms with Gasteiger partial charge in [0.05, 0.1) is 13.2 Å². The average Bonchev–Trinajstić information content (AvgIpc) is 3.23. The first kappa shape index (κ1) is 21.9. The smallest absolute Gasteiger partial charge is 0.410 e. The minimum absolute atomic E-state index is 0.0187. The molecule has 0 bridgehead atoms. The first-order valence-corrected chi connectivity index (χ1v) is 11.9. The van der Waals surface area contributed by atoms with Crippen molar-refractivity contribution in [3.8, 4) is 17.2 Å². The largest absolute Gasteiger partial charge is 0.497 e. The fraction of sp³-hybridized carbons (Fsp3) is 0.500. The van der Waals surface area contributed by atoms with E-state index in [1.807, 2.05) is 53.4 Å². The summed E-state index contributed by atoms with van der Waals surface area (Å²) in [5, 5.41) is 0. The molecule has 3 heterocycles. The van der Waals surface area contributed by atoms with Crippen LogP contribution in [0, 0.1) is 5.92 Å². The maximum absolute atomic E-state index is 12.4. The molecule has 33 heavy (non-hydrogen) atoms. The van der Waals surface area contributed by atoms with Crippen LogP contribution in [0.4, 0.5) is 4.79 Å². The lowest BCUT2D eigenvalue weighted by molar-refractivity contribution is 0.0466. The summed E-state index contributed by atoms with van der Waals surface area (Å²) in [5.41, 5.74) is 1.09. The first-order valence-electron chi connectivity index (χ1n) is 11.9. The van der Waals surface area contributed by atoms with Crippen LogP contribution >= 0.6 is 0 Å². The molecule has 2 aromatic rings. The van der Waals surface area contributed by atoms with Gasteiger partial charge < -0.3 is 18.9 Å². The van der Waals surface area contributed by atoms with Gasteiger partial charge in [-0.2, -0.15) is 0 Å². The highest BCUT2D eigenvalue weighted by Crippen LogP contribution is 2.33. The van der Waals surface area contributed by atoms with Gasteiger partial charge in [-0.05, 0) is 68.1 Å². The molecular formula is C26H32N2O5. The third-order valence-electron chi connectivity index (χ3n) is 6.99. The molecule has 0 saturated carbocycles. The predicted octanol–water partition coefficient (Wildman–Crippen LogP) is 4.13. The van der Waals surface area contributed by atoms with E-state index in [-0.39, 0.29) is 18.2 Å². The van der Waals surface area contributed by atoms with Gasteiger partial charge in [-0.15, -0.1) is 0 Å². The predicted molar refractivity (Wildman–Crippen MR) is 124 cm³/mol. The average molecular weight is 453 g/mol. The van der Waals surface area contributed by atoms with Crippen molar-refractivity contribution in [3.05, 3.63) is 54.1 Å². The SMILES string of the molecule is COc1ccc(C2COC(=O)N2CCC2CCN(C[C@H]3COc4ccccc4O3)CC2)cc1. The molecule has 2 aromatic carbocycles. The number of rotatable bonds is 7. The van der Waals surface area contributed by atoms with Gasteiger partial charge in [-0.25, -0.2) is 4.79 Å². The van der Waals surface area contributed by atoms with Crippen molar-refractivity contribution in [3.63, 3.8) is 0 Å². The van der Waals surface area contributed by atoms with E-state index >= 15 is 0 Å². The van der Waals surface area contributed by atoms with Gasteiger partial charge in [-0.1, -0.05) is 24.3 Å². The van der Waals surface area contributed by atoms with E-state index in [0.717, 1.165) is 68.3 Å². The maximum atomic E-state index is 12.4. The van der Waals surface area contributed by atoms with Gasteiger partial charge >= 0.3 is 6.09 Å². The van der Waals surface area contributed by atoms with E-state index in [9.17, 15) is 4.79 Å². The van der Waals surface area contributed by atoms with Crippen LogP contribution in [0.3, 0.4) is 0 Å². The van der Waals surface area contributed by atoms with E-state index in [4.69, 9.17) is 18.9 Å². The quantitative estimate of drug-likeness (QED) is 0.630. The molecule has 5 rings (SSSR count). The Morgan fingerprint density at radius 1 is 0.970 bits per heavy atom. The first-order chi connectivity index (χ1) is 16.2. The molecule has 0 radical (unpaired) electrons. The van der Waals surface area contributed by atoms with Crippen LogP contribution in [0.5, 0.6) is 17.2 Å². The number of methoxy groups -OCH3 is 1. The number of hydrogen-bond donors (Lipinski definition) is 0. The molecule has 3 aliphatic heterocycles. The second-order valence-corrected chi connectivity index (χ2v) is 9.09.